The van der Waals surface area contributed by atoms with E-state index < -0.39 is 30.3 Å². The van der Waals surface area contributed by atoms with E-state index in [1.807, 2.05) is 66.7 Å². The van der Waals surface area contributed by atoms with Crippen LogP contribution < -0.4 is 5.32 Å². The summed E-state index contributed by atoms with van der Waals surface area (Å²) in [5, 5.41) is 24.9. The number of thioether (sulfide) groups is 1. The summed E-state index contributed by atoms with van der Waals surface area (Å²) in [7, 11) is 0. The number of amides is 2. The molecule has 48 heavy (non-hydrogen) atoms. The third kappa shape index (κ3) is 7.86. The highest BCUT2D eigenvalue weighted by Crippen LogP contribution is 2.39. The van der Waals surface area contributed by atoms with Gasteiger partial charge in [0, 0.05) is 30.8 Å². The van der Waals surface area contributed by atoms with Crippen LogP contribution in [0.4, 0.5) is 13.2 Å². The molecule has 0 radical (unpaired) electrons. The summed E-state index contributed by atoms with van der Waals surface area (Å²) >= 11 is 1.47. The molecule has 2 aliphatic heterocycles. The topological polar surface area (TPSA) is 132 Å². The summed E-state index contributed by atoms with van der Waals surface area (Å²) in [4.78, 5) is 25.1. The van der Waals surface area contributed by atoms with Crippen molar-refractivity contribution in [1.82, 2.24) is 30.4 Å². The molecular formula is C33H33F3N6O5S. The maximum Gasteiger partial charge on any atom is 0.471 e. The first-order valence-electron chi connectivity index (χ1n) is 15.4. The second kappa shape index (κ2) is 14.8. The minimum absolute atomic E-state index is 0.0651. The standard InChI is InChI=1S/C33H33F3N6O5S/c34-33(35,36)31(45)41-16-4-7-27(41)29(44)37-18-21-8-14-24(15-9-21)30-46-26(17-28(47-30)23-12-10-22(19-43)11-13-23)20-48-32-38-39-40-42(32)25-5-2-1-3-6-25/h1-3,5-6,8-15,26-28,30,43H,4,7,16-20H2,(H,37,44)/t26-,27-,28+,30+/m0/s1. The molecule has 3 aromatic carbocycles. The zero-order valence-electron chi connectivity index (χ0n) is 25.6. The Morgan fingerprint density at radius 2 is 1.67 bits per heavy atom. The molecule has 1 aromatic heterocycles. The number of ether oxygens (including phenoxy) is 2. The number of carbonyl (C=O) groups is 2. The van der Waals surface area contributed by atoms with Crippen LogP contribution in [0.5, 0.6) is 0 Å². The Bertz CT molecular complexity index is 1690. The lowest BCUT2D eigenvalue weighted by Gasteiger charge is -2.36. The number of nitrogens with one attached hydrogen (secondary N) is 1. The van der Waals surface area contributed by atoms with Crippen molar-refractivity contribution in [3.05, 3.63) is 101 Å². The van der Waals surface area contributed by atoms with Crippen LogP contribution in [0.25, 0.3) is 5.69 Å². The third-order valence-electron chi connectivity index (χ3n) is 8.23. The van der Waals surface area contributed by atoms with Crippen molar-refractivity contribution in [1.29, 1.82) is 0 Å². The van der Waals surface area contributed by atoms with Crippen LogP contribution in [0.15, 0.2) is 84.0 Å². The van der Waals surface area contributed by atoms with Crippen LogP contribution in [0.2, 0.25) is 0 Å². The fraction of sp³-hybridized carbons (Fsp3) is 0.364. The Balaban J connectivity index is 1.12. The molecule has 2 N–H and O–H groups in total. The van der Waals surface area contributed by atoms with Crippen LogP contribution in [-0.2, 0) is 32.2 Å². The van der Waals surface area contributed by atoms with Gasteiger partial charge in [-0.2, -0.15) is 17.9 Å². The lowest BCUT2D eigenvalue weighted by molar-refractivity contribution is -0.245. The molecule has 15 heteroatoms. The number of aromatic nitrogens is 4. The van der Waals surface area contributed by atoms with E-state index in [1.54, 1.807) is 16.8 Å². The molecule has 0 bridgehead atoms. The first-order chi connectivity index (χ1) is 23.2. The van der Waals surface area contributed by atoms with Gasteiger partial charge in [0.15, 0.2) is 6.29 Å². The van der Waals surface area contributed by atoms with Crippen molar-refractivity contribution in [2.45, 2.75) is 68.3 Å². The number of carbonyl (C=O) groups excluding carboxylic acids is 2. The monoisotopic (exact) mass is 682 g/mol. The van der Waals surface area contributed by atoms with Crippen molar-refractivity contribution >= 4 is 23.6 Å². The zero-order chi connectivity index (χ0) is 33.7. The second-order valence-corrected chi connectivity index (χ2v) is 12.5. The SMILES string of the molecule is O=C(NCc1ccc([C@@H]2O[C@H](CSc3nnnn3-c3ccccc3)C[C@H](c3ccc(CO)cc3)O2)cc1)[C@@H]1CCCN1C(=O)C(F)(F)F. The molecule has 2 aliphatic rings. The first-order valence-corrected chi connectivity index (χ1v) is 16.4. The van der Waals surface area contributed by atoms with Crippen LogP contribution in [0.3, 0.4) is 0 Å². The Morgan fingerprint density at radius 3 is 2.38 bits per heavy atom. The van der Waals surface area contributed by atoms with Gasteiger partial charge < -0.3 is 24.8 Å². The molecular weight excluding hydrogens is 649 g/mol. The van der Waals surface area contributed by atoms with E-state index in [0.29, 0.717) is 34.2 Å². The van der Waals surface area contributed by atoms with Gasteiger partial charge in [0.05, 0.1) is 24.5 Å². The normalized spacial score (nSPS) is 21.3. The van der Waals surface area contributed by atoms with E-state index in [2.05, 4.69) is 20.8 Å². The van der Waals surface area contributed by atoms with E-state index in [-0.39, 0.29) is 38.3 Å². The van der Waals surface area contributed by atoms with Crippen molar-refractivity contribution in [3.8, 4) is 5.69 Å². The average molecular weight is 683 g/mol. The fourth-order valence-electron chi connectivity index (χ4n) is 5.74. The van der Waals surface area contributed by atoms with Crippen LogP contribution >= 0.6 is 11.8 Å². The maximum absolute atomic E-state index is 13.0. The number of halogens is 3. The number of alkyl halides is 3. The van der Waals surface area contributed by atoms with Crippen molar-refractivity contribution in [2.75, 3.05) is 12.3 Å². The van der Waals surface area contributed by atoms with Gasteiger partial charge in [-0.25, -0.2) is 0 Å². The van der Waals surface area contributed by atoms with Gasteiger partial charge in [-0.15, -0.1) is 5.10 Å². The fourth-order valence-corrected chi connectivity index (χ4v) is 6.64. The number of hydrogen-bond donors (Lipinski definition) is 2. The Labute approximate surface area is 278 Å². The summed E-state index contributed by atoms with van der Waals surface area (Å²) in [5.41, 5.74) is 4.02. The minimum atomic E-state index is -5.03. The Kier molecular flexibility index (Phi) is 10.4. The molecule has 2 amide bonds. The van der Waals surface area contributed by atoms with Crippen molar-refractivity contribution in [2.24, 2.45) is 0 Å². The number of benzene rings is 3. The maximum atomic E-state index is 13.0. The average Bonchev–Trinajstić information content (AvgIpc) is 3.80. The van der Waals surface area contributed by atoms with Gasteiger partial charge in [0.1, 0.15) is 6.04 Å². The molecule has 11 nitrogen and oxygen atoms in total. The number of nitrogens with zero attached hydrogens (tertiary/aromatic N) is 5. The zero-order valence-corrected chi connectivity index (χ0v) is 26.4. The number of likely N-dealkylation sites (tertiary alicyclic amines) is 1. The highest BCUT2D eigenvalue weighted by Gasteiger charge is 2.47. The molecule has 0 aliphatic carbocycles. The summed E-state index contributed by atoms with van der Waals surface area (Å²) in [6.45, 7) is -0.0990. The summed E-state index contributed by atoms with van der Waals surface area (Å²) in [6.07, 6.45) is -5.24. The number of hydrogen-bond acceptors (Lipinski definition) is 9. The van der Waals surface area contributed by atoms with Crippen LogP contribution in [0, 0.1) is 0 Å². The Hall–Kier alpha value is -4.31. The van der Waals surface area contributed by atoms with Gasteiger partial charge in [-0.3, -0.25) is 9.59 Å². The van der Waals surface area contributed by atoms with Crippen LogP contribution in [0.1, 0.15) is 53.9 Å². The predicted octanol–water partition coefficient (Wildman–Crippen LogP) is 4.66. The lowest BCUT2D eigenvalue weighted by atomic mass is 10.0. The number of rotatable bonds is 10. The lowest BCUT2D eigenvalue weighted by Crippen LogP contribution is -2.50. The van der Waals surface area contributed by atoms with Crippen LogP contribution in [-0.4, -0.2) is 72.6 Å². The molecule has 252 valence electrons. The largest absolute Gasteiger partial charge is 0.471 e. The van der Waals surface area contributed by atoms with E-state index in [9.17, 15) is 27.9 Å². The van der Waals surface area contributed by atoms with Gasteiger partial charge in [-0.05, 0) is 52.1 Å². The van der Waals surface area contributed by atoms with Crippen molar-refractivity contribution in [3.63, 3.8) is 0 Å². The predicted molar refractivity (Wildman–Crippen MR) is 167 cm³/mol. The summed E-state index contributed by atoms with van der Waals surface area (Å²) in [6, 6.07) is 23.2. The second-order valence-electron chi connectivity index (χ2n) is 11.5. The third-order valence-corrected chi connectivity index (χ3v) is 9.28. The van der Waals surface area contributed by atoms with E-state index >= 15 is 0 Å². The Morgan fingerprint density at radius 1 is 0.958 bits per heavy atom. The van der Waals surface area contributed by atoms with E-state index in [0.717, 1.165) is 22.4 Å². The van der Waals surface area contributed by atoms with Gasteiger partial charge in [0.25, 0.3) is 0 Å². The smallest absolute Gasteiger partial charge is 0.392 e. The highest BCUT2D eigenvalue weighted by atomic mass is 32.2. The molecule has 2 saturated heterocycles. The van der Waals surface area contributed by atoms with E-state index in [4.69, 9.17) is 9.47 Å². The number of tetrazole rings is 1. The summed E-state index contributed by atoms with van der Waals surface area (Å²) < 4.78 is 53.5. The van der Waals surface area contributed by atoms with Gasteiger partial charge in [-0.1, -0.05) is 78.5 Å². The molecule has 0 spiro atoms. The highest BCUT2D eigenvalue weighted by molar-refractivity contribution is 7.99. The van der Waals surface area contributed by atoms with Gasteiger partial charge >= 0.3 is 12.1 Å². The van der Waals surface area contributed by atoms with Crippen molar-refractivity contribution < 1.29 is 37.3 Å². The number of aliphatic hydroxyl groups is 1. The molecule has 3 heterocycles. The van der Waals surface area contributed by atoms with E-state index in [1.165, 1.54) is 11.8 Å². The molecule has 0 saturated carbocycles. The quantitative estimate of drug-likeness (QED) is 0.229. The molecule has 4 atom stereocenters. The van der Waals surface area contributed by atoms with Gasteiger partial charge in [0.2, 0.25) is 11.1 Å². The number of aliphatic hydroxyl groups excluding tert-OH is 1. The molecule has 4 aromatic rings. The molecule has 2 fully saturated rings. The number of para-hydroxylation sites is 1. The first kappa shape index (κ1) is 33.6. The minimum Gasteiger partial charge on any atom is -0.392 e. The summed E-state index contributed by atoms with van der Waals surface area (Å²) in [5.74, 6) is -2.08. The molecule has 0 unspecified atom stereocenters. The molecule has 6 rings (SSSR count).